The molecule has 1 aromatic carbocycles. The highest BCUT2D eigenvalue weighted by atomic mass is 16.3. The number of nitrogens with one attached hydrogen (secondary N) is 1. The second-order valence-electron chi connectivity index (χ2n) is 3.65. The summed E-state index contributed by atoms with van der Waals surface area (Å²) in [6.45, 7) is 0.610. The second kappa shape index (κ2) is 4.61. The molecule has 1 heterocycles. The zero-order chi connectivity index (χ0) is 12.3. The number of hydrogen-bond donors (Lipinski definition) is 3. The van der Waals surface area contributed by atoms with E-state index in [2.05, 4.69) is 5.32 Å². The van der Waals surface area contributed by atoms with Gasteiger partial charge < -0.3 is 21.2 Å². The number of nitrogen functional groups attached to an aromatic ring is 1. The van der Waals surface area contributed by atoms with Crippen molar-refractivity contribution in [1.29, 1.82) is 0 Å². The SMILES string of the molecule is NC(=O)c1cc(NCc2ccoc2)ccc1N. The molecule has 0 saturated heterocycles. The van der Waals surface area contributed by atoms with Crippen LogP contribution < -0.4 is 16.8 Å². The monoisotopic (exact) mass is 231 g/mol. The number of anilines is 2. The molecule has 0 unspecified atom stereocenters. The van der Waals surface area contributed by atoms with Crippen molar-refractivity contribution in [2.24, 2.45) is 5.73 Å². The van der Waals surface area contributed by atoms with Crippen LogP contribution in [0.25, 0.3) is 0 Å². The molecule has 1 amide bonds. The van der Waals surface area contributed by atoms with E-state index >= 15 is 0 Å². The van der Waals surface area contributed by atoms with Crippen LogP contribution in [0.3, 0.4) is 0 Å². The molecule has 5 N–H and O–H groups in total. The van der Waals surface area contributed by atoms with E-state index in [1.807, 2.05) is 6.07 Å². The lowest BCUT2D eigenvalue weighted by Gasteiger charge is -2.07. The van der Waals surface area contributed by atoms with Crippen LogP contribution >= 0.6 is 0 Å². The zero-order valence-electron chi connectivity index (χ0n) is 9.14. The van der Waals surface area contributed by atoms with Crippen LogP contribution in [0.2, 0.25) is 0 Å². The molecule has 1 aromatic heterocycles. The molecule has 0 radical (unpaired) electrons. The smallest absolute Gasteiger partial charge is 0.250 e. The van der Waals surface area contributed by atoms with Crippen molar-refractivity contribution in [2.75, 3.05) is 11.1 Å². The van der Waals surface area contributed by atoms with Gasteiger partial charge in [0, 0.05) is 23.5 Å². The first kappa shape index (κ1) is 11.1. The molecular formula is C12H13N3O2. The van der Waals surface area contributed by atoms with E-state index in [0.29, 0.717) is 17.8 Å². The first-order valence-corrected chi connectivity index (χ1v) is 5.11. The summed E-state index contributed by atoms with van der Waals surface area (Å²) < 4.78 is 4.95. The maximum absolute atomic E-state index is 11.1. The van der Waals surface area contributed by atoms with E-state index < -0.39 is 5.91 Å². The number of nitrogens with two attached hydrogens (primary N) is 2. The lowest BCUT2D eigenvalue weighted by molar-refractivity contribution is 0.100. The Hall–Kier alpha value is -2.43. The van der Waals surface area contributed by atoms with Gasteiger partial charge in [-0.05, 0) is 24.3 Å². The molecule has 2 aromatic rings. The van der Waals surface area contributed by atoms with Gasteiger partial charge in [0.15, 0.2) is 0 Å². The molecule has 0 aliphatic heterocycles. The molecule has 5 nitrogen and oxygen atoms in total. The van der Waals surface area contributed by atoms with E-state index in [4.69, 9.17) is 15.9 Å². The van der Waals surface area contributed by atoms with E-state index in [-0.39, 0.29) is 0 Å². The standard InChI is InChI=1S/C12H13N3O2/c13-11-2-1-9(5-10(11)12(14)16)15-6-8-3-4-17-7-8/h1-5,7,15H,6,13H2,(H2,14,16). The number of carbonyl (C=O) groups is 1. The largest absolute Gasteiger partial charge is 0.472 e. The maximum Gasteiger partial charge on any atom is 0.250 e. The van der Waals surface area contributed by atoms with Crippen LogP contribution in [0.4, 0.5) is 11.4 Å². The molecule has 0 aliphatic rings. The maximum atomic E-state index is 11.1. The van der Waals surface area contributed by atoms with Gasteiger partial charge >= 0.3 is 0 Å². The lowest BCUT2D eigenvalue weighted by atomic mass is 10.1. The van der Waals surface area contributed by atoms with Crippen molar-refractivity contribution in [3.8, 4) is 0 Å². The van der Waals surface area contributed by atoms with Crippen molar-refractivity contribution in [3.05, 3.63) is 47.9 Å². The van der Waals surface area contributed by atoms with Crippen LogP contribution in [-0.4, -0.2) is 5.91 Å². The summed E-state index contributed by atoms with van der Waals surface area (Å²) in [5, 5.41) is 3.15. The van der Waals surface area contributed by atoms with Crippen LogP contribution in [0, 0.1) is 0 Å². The van der Waals surface area contributed by atoms with E-state index in [1.165, 1.54) is 0 Å². The molecular weight excluding hydrogens is 218 g/mol. The molecule has 5 heteroatoms. The van der Waals surface area contributed by atoms with Crippen LogP contribution in [-0.2, 0) is 6.54 Å². The Kier molecular flexibility index (Phi) is 3.00. The van der Waals surface area contributed by atoms with Gasteiger partial charge in [-0.2, -0.15) is 0 Å². The molecule has 2 rings (SSSR count). The fraction of sp³-hybridized carbons (Fsp3) is 0.0833. The Bertz CT molecular complexity index is 521. The van der Waals surface area contributed by atoms with Gasteiger partial charge in [0.25, 0.3) is 5.91 Å². The number of carbonyl (C=O) groups excluding carboxylic acids is 1. The second-order valence-corrected chi connectivity index (χ2v) is 3.65. The van der Waals surface area contributed by atoms with Gasteiger partial charge in [-0.1, -0.05) is 0 Å². The fourth-order valence-corrected chi connectivity index (χ4v) is 1.48. The van der Waals surface area contributed by atoms with Gasteiger partial charge in [-0.15, -0.1) is 0 Å². The number of benzene rings is 1. The van der Waals surface area contributed by atoms with Gasteiger partial charge in [-0.3, -0.25) is 4.79 Å². The summed E-state index contributed by atoms with van der Waals surface area (Å²) >= 11 is 0. The number of rotatable bonds is 4. The number of hydrogen-bond acceptors (Lipinski definition) is 4. The summed E-state index contributed by atoms with van der Waals surface area (Å²) in [4.78, 5) is 11.1. The Morgan fingerprint density at radius 3 is 2.82 bits per heavy atom. The third-order valence-electron chi connectivity index (χ3n) is 2.40. The minimum atomic E-state index is -0.533. The number of furan rings is 1. The third-order valence-corrected chi connectivity index (χ3v) is 2.40. The van der Waals surface area contributed by atoms with E-state index in [1.54, 1.807) is 30.7 Å². The number of amides is 1. The highest BCUT2D eigenvalue weighted by Crippen LogP contribution is 2.18. The normalized spacial score (nSPS) is 10.1. The summed E-state index contributed by atoms with van der Waals surface area (Å²) in [6, 6.07) is 6.94. The van der Waals surface area contributed by atoms with Crippen molar-refractivity contribution >= 4 is 17.3 Å². The summed E-state index contributed by atoms with van der Waals surface area (Å²) in [5.41, 5.74) is 13.4. The van der Waals surface area contributed by atoms with Crippen molar-refractivity contribution < 1.29 is 9.21 Å². The molecule has 0 aliphatic carbocycles. The van der Waals surface area contributed by atoms with Gasteiger partial charge in [-0.25, -0.2) is 0 Å². The quantitative estimate of drug-likeness (QED) is 0.696. The topological polar surface area (TPSA) is 94.3 Å². The molecule has 88 valence electrons. The Morgan fingerprint density at radius 1 is 1.35 bits per heavy atom. The molecule has 0 fully saturated rings. The highest BCUT2D eigenvalue weighted by Gasteiger charge is 2.06. The van der Waals surface area contributed by atoms with Gasteiger partial charge in [0.05, 0.1) is 18.1 Å². The number of primary amides is 1. The Labute approximate surface area is 98.4 Å². The van der Waals surface area contributed by atoms with Crippen LogP contribution in [0.1, 0.15) is 15.9 Å². The van der Waals surface area contributed by atoms with E-state index in [9.17, 15) is 4.79 Å². The van der Waals surface area contributed by atoms with Crippen molar-refractivity contribution in [1.82, 2.24) is 0 Å². The van der Waals surface area contributed by atoms with Gasteiger partial charge in [0.1, 0.15) is 0 Å². The van der Waals surface area contributed by atoms with Crippen LogP contribution in [0.15, 0.2) is 41.2 Å². The molecule has 17 heavy (non-hydrogen) atoms. The summed E-state index contributed by atoms with van der Waals surface area (Å²) in [6.07, 6.45) is 3.26. The van der Waals surface area contributed by atoms with Crippen LogP contribution in [0.5, 0.6) is 0 Å². The summed E-state index contributed by atoms with van der Waals surface area (Å²) in [5.74, 6) is -0.533. The average Bonchev–Trinajstić information content (AvgIpc) is 2.80. The zero-order valence-corrected chi connectivity index (χ0v) is 9.14. The van der Waals surface area contributed by atoms with Crippen molar-refractivity contribution in [3.63, 3.8) is 0 Å². The lowest BCUT2D eigenvalue weighted by Crippen LogP contribution is -2.14. The first-order valence-electron chi connectivity index (χ1n) is 5.11. The minimum absolute atomic E-state index is 0.321. The van der Waals surface area contributed by atoms with Crippen molar-refractivity contribution in [2.45, 2.75) is 6.54 Å². The summed E-state index contributed by atoms with van der Waals surface area (Å²) in [7, 11) is 0. The predicted molar refractivity (Wildman–Crippen MR) is 65.4 cm³/mol. The molecule has 0 spiro atoms. The fourth-order valence-electron chi connectivity index (χ4n) is 1.48. The minimum Gasteiger partial charge on any atom is -0.472 e. The first-order chi connectivity index (χ1) is 8.16. The highest BCUT2D eigenvalue weighted by molar-refractivity contribution is 5.98. The Morgan fingerprint density at radius 2 is 2.18 bits per heavy atom. The van der Waals surface area contributed by atoms with E-state index in [0.717, 1.165) is 11.3 Å². The predicted octanol–water partition coefficient (Wildman–Crippen LogP) is 1.57. The molecule has 0 saturated carbocycles. The average molecular weight is 231 g/mol. The molecule has 0 atom stereocenters. The van der Waals surface area contributed by atoms with Gasteiger partial charge in [0.2, 0.25) is 0 Å². The third kappa shape index (κ3) is 2.57. The molecule has 0 bridgehead atoms. The Balaban J connectivity index is 2.11.